The number of anilines is 2. The van der Waals surface area contributed by atoms with Gasteiger partial charge in [0, 0.05) is 42.7 Å². The van der Waals surface area contributed by atoms with Gasteiger partial charge in [-0.2, -0.15) is 4.99 Å². The number of nitrogens with zero attached hydrogens (tertiary/aromatic N) is 3. The molecule has 2 aromatic carbocycles. The van der Waals surface area contributed by atoms with E-state index in [2.05, 4.69) is 88.6 Å². The maximum Gasteiger partial charge on any atom is 0.350 e. The van der Waals surface area contributed by atoms with E-state index < -0.39 is 5.54 Å². The van der Waals surface area contributed by atoms with Crippen molar-refractivity contribution in [2.24, 2.45) is 4.99 Å². The van der Waals surface area contributed by atoms with E-state index in [0.717, 1.165) is 87.5 Å². The molecule has 1 spiro atoms. The van der Waals surface area contributed by atoms with Crippen LogP contribution in [0.5, 0.6) is 0 Å². The molecule has 2 N–H and O–H groups in total. The SMILES string of the molecule is C=C(CCCC)Nc1ccc(N2C(=O)N=C(NC3CCCCC3)C23CCN(Cc2ccccc2)CC3)cc1. The van der Waals surface area contributed by atoms with E-state index in [-0.39, 0.29) is 6.03 Å². The summed E-state index contributed by atoms with van der Waals surface area (Å²) < 4.78 is 0. The number of nitrogens with one attached hydrogen (secondary N) is 2. The summed E-state index contributed by atoms with van der Waals surface area (Å²) >= 11 is 0. The zero-order chi connectivity index (χ0) is 26.4. The normalized spacial score (nSPS) is 20.0. The van der Waals surface area contributed by atoms with E-state index in [1.165, 1.54) is 24.8 Å². The van der Waals surface area contributed by atoms with E-state index in [9.17, 15) is 4.79 Å². The van der Waals surface area contributed by atoms with E-state index >= 15 is 0 Å². The molecule has 0 atom stereocenters. The third-order valence-corrected chi connectivity index (χ3v) is 8.42. The number of allylic oxidation sites excluding steroid dienone is 1. The van der Waals surface area contributed by atoms with Crippen molar-refractivity contribution in [1.29, 1.82) is 0 Å². The molecule has 2 fully saturated rings. The average Bonchev–Trinajstić information content (AvgIpc) is 3.20. The lowest BCUT2D eigenvalue weighted by molar-refractivity contribution is 0.181. The Kier molecular flexibility index (Phi) is 8.48. The summed E-state index contributed by atoms with van der Waals surface area (Å²) in [5.41, 5.74) is 3.87. The minimum atomic E-state index is -0.415. The first-order valence-electron chi connectivity index (χ1n) is 14.6. The fourth-order valence-corrected chi connectivity index (χ4v) is 6.24. The van der Waals surface area contributed by atoms with Crippen molar-refractivity contribution < 1.29 is 4.79 Å². The molecule has 6 nitrogen and oxygen atoms in total. The molecule has 202 valence electrons. The van der Waals surface area contributed by atoms with Crippen molar-refractivity contribution in [2.45, 2.75) is 89.3 Å². The third kappa shape index (κ3) is 5.96. The predicted octanol–water partition coefficient (Wildman–Crippen LogP) is 7.10. The number of benzene rings is 2. The Balaban J connectivity index is 1.35. The Morgan fingerprint density at radius 2 is 1.74 bits per heavy atom. The Labute approximate surface area is 228 Å². The van der Waals surface area contributed by atoms with Crippen LogP contribution in [0.4, 0.5) is 16.2 Å². The van der Waals surface area contributed by atoms with Crippen LogP contribution in [0.3, 0.4) is 0 Å². The number of hydrogen-bond donors (Lipinski definition) is 2. The topological polar surface area (TPSA) is 60.0 Å². The van der Waals surface area contributed by atoms with Crippen LogP contribution in [0.1, 0.15) is 76.7 Å². The first-order chi connectivity index (χ1) is 18.6. The highest BCUT2D eigenvalue weighted by Gasteiger charge is 2.52. The highest BCUT2D eigenvalue weighted by atomic mass is 16.2. The fourth-order valence-electron chi connectivity index (χ4n) is 6.24. The number of rotatable bonds is 9. The van der Waals surface area contributed by atoms with E-state index in [1.54, 1.807) is 0 Å². The molecular formula is C32H43N5O. The lowest BCUT2D eigenvalue weighted by atomic mass is 9.83. The first-order valence-corrected chi connectivity index (χ1v) is 14.6. The largest absolute Gasteiger partial charge is 0.369 e. The van der Waals surface area contributed by atoms with E-state index in [0.29, 0.717) is 6.04 Å². The maximum absolute atomic E-state index is 13.5. The zero-order valence-electron chi connectivity index (χ0n) is 22.9. The van der Waals surface area contributed by atoms with Gasteiger partial charge in [-0.1, -0.05) is 69.5 Å². The second-order valence-electron chi connectivity index (χ2n) is 11.2. The quantitative estimate of drug-likeness (QED) is 0.375. The van der Waals surface area contributed by atoms with Crippen molar-refractivity contribution in [3.05, 3.63) is 72.4 Å². The van der Waals surface area contributed by atoms with Crippen LogP contribution < -0.4 is 15.5 Å². The monoisotopic (exact) mass is 513 g/mol. The summed E-state index contributed by atoms with van der Waals surface area (Å²) in [4.78, 5) is 22.7. The van der Waals surface area contributed by atoms with E-state index in [4.69, 9.17) is 0 Å². The van der Waals surface area contributed by atoms with Gasteiger partial charge in [0.05, 0.1) is 0 Å². The molecule has 5 rings (SSSR count). The summed E-state index contributed by atoms with van der Waals surface area (Å²) in [7, 11) is 0. The standard InChI is InChI=1S/C32H43N5O/c1-3-4-11-25(2)33-28-16-18-29(19-17-28)37-31(38)35-30(34-27-14-9-6-10-15-27)32(37)20-22-36(23-21-32)24-26-12-7-5-8-13-26/h5,7-8,12-13,16-19,27,33H,2-4,6,9-11,14-15,20-24H2,1H3,(H,34,35,38). The molecule has 0 aromatic heterocycles. The highest BCUT2D eigenvalue weighted by molar-refractivity contribution is 6.16. The second kappa shape index (κ2) is 12.2. The van der Waals surface area contributed by atoms with Crippen LogP contribution in [0, 0.1) is 0 Å². The Hall–Kier alpha value is -3.12. The summed E-state index contributed by atoms with van der Waals surface area (Å²) in [6.07, 6.45) is 11.1. The average molecular weight is 514 g/mol. The summed E-state index contributed by atoms with van der Waals surface area (Å²) in [5.74, 6) is 0.893. The zero-order valence-corrected chi connectivity index (χ0v) is 22.9. The van der Waals surface area contributed by atoms with Crippen LogP contribution in [-0.2, 0) is 6.54 Å². The number of amidine groups is 1. The molecule has 6 heteroatoms. The second-order valence-corrected chi connectivity index (χ2v) is 11.2. The predicted molar refractivity (Wildman–Crippen MR) is 158 cm³/mol. The Bertz CT molecular complexity index is 1110. The highest BCUT2D eigenvalue weighted by Crippen LogP contribution is 2.40. The minimum Gasteiger partial charge on any atom is -0.369 e. The van der Waals surface area contributed by atoms with Gasteiger partial charge in [0.1, 0.15) is 11.4 Å². The van der Waals surface area contributed by atoms with Crippen LogP contribution >= 0.6 is 0 Å². The number of aliphatic imine (C=N–C) groups is 1. The van der Waals surface area contributed by atoms with Crippen molar-refractivity contribution in [2.75, 3.05) is 23.3 Å². The Morgan fingerprint density at radius 3 is 2.42 bits per heavy atom. The first kappa shape index (κ1) is 26.5. The van der Waals surface area contributed by atoms with Crippen LogP contribution in [0.2, 0.25) is 0 Å². The molecule has 0 unspecified atom stereocenters. The smallest absolute Gasteiger partial charge is 0.350 e. The van der Waals surface area contributed by atoms with Crippen molar-refractivity contribution >= 4 is 23.2 Å². The number of hydrogen-bond acceptors (Lipinski definition) is 4. The van der Waals surface area contributed by atoms with Gasteiger partial charge in [-0.3, -0.25) is 9.80 Å². The Morgan fingerprint density at radius 1 is 1.03 bits per heavy atom. The van der Waals surface area contributed by atoms with Gasteiger partial charge in [0.2, 0.25) is 0 Å². The lowest BCUT2D eigenvalue weighted by Gasteiger charge is -2.45. The molecule has 1 saturated carbocycles. The summed E-state index contributed by atoms with van der Waals surface area (Å²) in [6.45, 7) is 9.16. The van der Waals surface area contributed by atoms with Gasteiger partial charge in [-0.05, 0) is 68.4 Å². The van der Waals surface area contributed by atoms with Crippen LogP contribution in [0.25, 0.3) is 0 Å². The van der Waals surface area contributed by atoms with Gasteiger partial charge < -0.3 is 10.6 Å². The van der Waals surface area contributed by atoms with Gasteiger partial charge >= 0.3 is 6.03 Å². The van der Waals surface area contributed by atoms with Crippen molar-refractivity contribution in [3.8, 4) is 0 Å². The number of piperidine rings is 1. The van der Waals surface area contributed by atoms with Gasteiger partial charge in [0.15, 0.2) is 0 Å². The third-order valence-electron chi connectivity index (χ3n) is 8.42. The fraction of sp³-hybridized carbons (Fsp3) is 0.500. The van der Waals surface area contributed by atoms with Crippen LogP contribution in [0.15, 0.2) is 71.9 Å². The van der Waals surface area contributed by atoms with Gasteiger partial charge in [-0.15, -0.1) is 0 Å². The molecule has 1 aliphatic carbocycles. The van der Waals surface area contributed by atoms with Crippen LogP contribution in [-0.4, -0.2) is 41.4 Å². The molecule has 3 aliphatic rings. The number of carbonyl (C=O) groups is 1. The number of amides is 2. The van der Waals surface area contributed by atoms with Crippen molar-refractivity contribution in [1.82, 2.24) is 10.2 Å². The minimum absolute atomic E-state index is 0.145. The molecule has 1 saturated heterocycles. The molecule has 2 aliphatic heterocycles. The number of unbranched alkanes of at least 4 members (excludes halogenated alkanes) is 1. The number of likely N-dealkylation sites (tertiary alicyclic amines) is 1. The summed E-state index contributed by atoms with van der Waals surface area (Å²) in [6, 6.07) is 19.2. The maximum atomic E-state index is 13.5. The van der Waals surface area contributed by atoms with E-state index in [1.807, 2.05) is 4.90 Å². The van der Waals surface area contributed by atoms with Crippen molar-refractivity contribution in [3.63, 3.8) is 0 Å². The molecule has 38 heavy (non-hydrogen) atoms. The molecule has 2 heterocycles. The molecule has 2 amide bonds. The van der Waals surface area contributed by atoms with Gasteiger partial charge in [-0.25, -0.2) is 4.79 Å². The number of carbonyl (C=O) groups excluding carboxylic acids is 1. The van der Waals surface area contributed by atoms with Gasteiger partial charge in [0.25, 0.3) is 0 Å². The lowest BCUT2D eigenvalue weighted by Crippen LogP contribution is -2.62. The number of urea groups is 1. The molecule has 0 radical (unpaired) electrons. The molecule has 0 bridgehead atoms. The molecule has 2 aromatic rings. The molecular weight excluding hydrogens is 470 g/mol. The summed E-state index contributed by atoms with van der Waals surface area (Å²) in [5, 5.41) is 7.20.